The Labute approximate surface area is 367 Å². The fourth-order valence-electron chi connectivity index (χ4n) is 10.6. The molecular weight excluding hydrogens is 832 g/mol. The molecule has 2 saturated carbocycles. The Balaban J connectivity index is 0.745. The zero-order chi connectivity index (χ0) is 44.6. The van der Waals surface area contributed by atoms with Gasteiger partial charge in [0.05, 0.1) is 26.4 Å². The number of hydrogen-bond acceptors (Lipinski definition) is 10. The lowest BCUT2D eigenvalue weighted by atomic mass is 9.54. The molecule has 0 bridgehead atoms. The van der Waals surface area contributed by atoms with Crippen LogP contribution in [0, 0.1) is 23.2 Å². The van der Waals surface area contributed by atoms with E-state index in [0.717, 1.165) is 79.4 Å². The number of nitrogens with zero attached hydrogens (tertiary/aromatic N) is 4. The van der Waals surface area contributed by atoms with Crippen molar-refractivity contribution in [3.8, 4) is 0 Å². The van der Waals surface area contributed by atoms with Crippen LogP contribution in [0.4, 0.5) is 24.5 Å². The van der Waals surface area contributed by atoms with Gasteiger partial charge in [0.1, 0.15) is 17.4 Å². The van der Waals surface area contributed by atoms with E-state index in [-0.39, 0.29) is 30.3 Å². The smallest absolute Gasteiger partial charge is 0.386 e. The Bertz CT molecular complexity index is 2510. The summed E-state index contributed by atoms with van der Waals surface area (Å²) in [7, 11) is 0. The predicted molar refractivity (Wildman–Crippen MR) is 234 cm³/mol. The number of aromatic nitrogens is 2. The van der Waals surface area contributed by atoms with Crippen LogP contribution in [-0.4, -0.2) is 80.7 Å². The first-order valence-corrected chi connectivity index (χ1v) is 22.7. The van der Waals surface area contributed by atoms with E-state index in [1.54, 1.807) is 37.3 Å². The second kappa shape index (κ2) is 16.1. The summed E-state index contributed by atoms with van der Waals surface area (Å²) in [5.74, 6) is 0.0941. The average Bonchev–Trinajstić information content (AvgIpc) is 3.74. The van der Waals surface area contributed by atoms with Gasteiger partial charge in [-0.3, -0.25) is 29.4 Å². The maximum Gasteiger partial charge on any atom is 0.433 e. The van der Waals surface area contributed by atoms with Crippen LogP contribution in [0.1, 0.15) is 121 Å². The van der Waals surface area contributed by atoms with E-state index in [2.05, 4.69) is 39.3 Å². The van der Waals surface area contributed by atoms with Crippen molar-refractivity contribution in [3.05, 3.63) is 88.2 Å². The number of alkyl halides is 3. The molecule has 2 aliphatic carbocycles. The van der Waals surface area contributed by atoms with Crippen molar-refractivity contribution in [3.63, 3.8) is 0 Å². The molecule has 4 aromatic rings. The van der Waals surface area contributed by atoms with E-state index in [0.29, 0.717) is 62.7 Å². The summed E-state index contributed by atoms with van der Waals surface area (Å²) >= 11 is 1.56. The second-order valence-electron chi connectivity index (χ2n) is 19.1. The van der Waals surface area contributed by atoms with Crippen LogP contribution in [0.25, 0.3) is 15.9 Å². The molecule has 1 unspecified atom stereocenters. The third-order valence-electron chi connectivity index (χ3n) is 14.0. The quantitative estimate of drug-likeness (QED) is 0.109. The highest BCUT2D eigenvalue weighted by atomic mass is 32.1. The number of nitrogens with one attached hydrogen (secondary N) is 3. The highest BCUT2D eigenvalue weighted by Gasteiger charge is 2.53. The van der Waals surface area contributed by atoms with E-state index in [1.165, 1.54) is 23.8 Å². The van der Waals surface area contributed by atoms with E-state index in [1.807, 2.05) is 18.2 Å². The van der Waals surface area contributed by atoms with Gasteiger partial charge in [-0.2, -0.15) is 13.2 Å². The zero-order valence-electron chi connectivity index (χ0n) is 35.6. The number of anilines is 2. The topological polar surface area (TPSA) is 157 Å². The molecule has 332 valence electrons. The van der Waals surface area contributed by atoms with E-state index < -0.39 is 35.3 Å². The first kappa shape index (κ1) is 43.1. The molecule has 4 fully saturated rings. The molecule has 2 atom stereocenters. The Morgan fingerprint density at radius 1 is 1.02 bits per heavy atom. The van der Waals surface area contributed by atoms with Gasteiger partial charge in [-0.15, -0.1) is 11.3 Å². The van der Waals surface area contributed by atoms with Crippen molar-refractivity contribution in [2.24, 2.45) is 23.2 Å². The number of hydrogen-bond donors (Lipinski definition) is 4. The first-order valence-electron chi connectivity index (χ1n) is 21.8. The highest BCUT2D eigenvalue weighted by Crippen LogP contribution is 2.55. The number of piperidine rings is 1. The lowest BCUT2D eigenvalue weighted by Gasteiger charge is -2.61. The summed E-state index contributed by atoms with van der Waals surface area (Å²) in [6, 6.07) is 11.6. The number of aliphatic hydroxyl groups is 1. The Kier molecular flexibility index (Phi) is 11.0. The minimum absolute atomic E-state index is 0.185. The minimum Gasteiger partial charge on any atom is -0.386 e. The molecule has 9 rings (SSSR count). The molecule has 2 aromatic carbocycles. The van der Waals surface area contributed by atoms with Gasteiger partial charge in [0.2, 0.25) is 11.8 Å². The molecule has 12 nitrogen and oxygen atoms in total. The minimum atomic E-state index is -4.69. The fourth-order valence-corrected chi connectivity index (χ4v) is 11.8. The number of rotatable bonds is 11. The summed E-state index contributed by atoms with van der Waals surface area (Å²) in [6.45, 7) is 13.7. The number of carbonyl (C=O) groups is 4. The van der Waals surface area contributed by atoms with E-state index >= 15 is 0 Å². The van der Waals surface area contributed by atoms with E-state index in [9.17, 15) is 37.5 Å². The number of thiazole rings is 1. The Morgan fingerprint density at radius 2 is 1.75 bits per heavy atom. The number of amides is 4. The molecule has 5 aliphatic rings. The van der Waals surface area contributed by atoms with Crippen molar-refractivity contribution >= 4 is 62.3 Å². The van der Waals surface area contributed by atoms with Crippen LogP contribution < -0.4 is 16.0 Å². The van der Waals surface area contributed by atoms with E-state index in [4.69, 9.17) is 4.98 Å². The van der Waals surface area contributed by atoms with Gasteiger partial charge in [-0.1, -0.05) is 31.7 Å². The predicted octanol–water partition coefficient (Wildman–Crippen LogP) is 8.16. The first-order chi connectivity index (χ1) is 29.9. The molecule has 0 radical (unpaired) electrons. The molecular formula is C47H52F3N7O5S. The van der Waals surface area contributed by atoms with Crippen LogP contribution in [0.15, 0.2) is 55.1 Å². The molecule has 4 N–H and O–H groups in total. The fraction of sp³-hybridized carbons (Fsp3) is 0.489. The van der Waals surface area contributed by atoms with Gasteiger partial charge in [0, 0.05) is 66.7 Å². The molecule has 2 saturated heterocycles. The van der Waals surface area contributed by atoms with Gasteiger partial charge in [-0.25, -0.2) is 9.97 Å². The summed E-state index contributed by atoms with van der Waals surface area (Å²) in [5.41, 5.74) is 1.41. The third kappa shape index (κ3) is 8.37. The Hall–Kier alpha value is -5.19. The summed E-state index contributed by atoms with van der Waals surface area (Å²) < 4.78 is 40.7. The SMILES string of the molecule is C=C1c2cccc(NC[C@H](C)C3CC4(C3)CN(CC3CCC(c5nc6cc(C(C)(C)O)c(NC(=O)c7cccc(C(F)(F)F)n7)cc6s5)CC3)C4)c2C(=O)N1C1CCC(=O)NC1=O. The number of imide groups is 1. The number of pyridine rings is 1. The Morgan fingerprint density at radius 3 is 2.44 bits per heavy atom. The number of likely N-dealkylation sites (tertiary alicyclic amines) is 1. The van der Waals surface area contributed by atoms with Crippen LogP contribution in [-0.2, 0) is 21.4 Å². The number of carbonyl (C=O) groups excluding carboxylic acids is 4. The average molecular weight is 884 g/mol. The van der Waals surface area contributed by atoms with Crippen molar-refractivity contribution in [2.75, 3.05) is 36.8 Å². The molecule has 3 aliphatic heterocycles. The maximum absolute atomic E-state index is 13.7. The van der Waals surface area contributed by atoms with Crippen molar-refractivity contribution in [1.82, 2.24) is 25.1 Å². The van der Waals surface area contributed by atoms with Crippen molar-refractivity contribution in [1.29, 1.82) is 0 Å². The lowest BCUT2D eigenvalue weighted by Crippen LogP contribution is -2.63. The highest BCUT2D eigenvalue weighted by molar-refractivity contribution is 7.18. The number of fused-ring (bicyclic) bond motifs is 2. The summed E-state index contributed by atoms with van der Waals surface area (Å²) in [5, 5.41) is 20.6. The standard InChI is InChI=1S/C47H52F3N7O5S/c1-25(21-51-32-8-5-7-30-26(2)57(44(61)40(30)32)36-15-16-39(58)55-42(36)60)29-19-46(20-29)23-56(24-46)22-27-11-13-28(14-12-27)43-54-35-17-31(45(3,4)62)34(18-37(35)63-43)53-41(59)33-9-6-10-38(52-33)47(48,49)50/h5-10,17-18,25,27-29,36,51,62H,2,11-16,19-24H2,1,3-4H3,(H,53,59)(H,55,58,60)/t25-,27?,28?,36?/m0/s1. The van der Waals surface area contributed by atoms with Crippen LogP contribution in [0.3, 0.4) is 0 Å². The maximum atomic E-state index is 13.7. The molecule has 5 heterocycles. The van der Waals surface area contributed by atoms with Gasteiger partial charge in [0.25, 0.3) is 11.8 Å². The largest absolute Gasteiger partial charge is 0.433 e. The molecule has 63 heavy (non-hydrogen) atoms. The molecule has 16 heteroatoms. The number of benzene rings is 2. The van der Waals surface area contributed by atoms with Gasteiger partial charge >= 0.3 is 6.18 Å². The third-order valence-corrected chi connectivity index (χ3v) is 15.2. The van der Waals surface area contributed by atoms with Crippen molar-refractivity contribution in [2.45, 2.75) is 95.9 Å². The molecule has 1 spiro atoms. The molecule has 2 aromatic heterocycles. The van der Waals surface area contributed by atoms with Gasteiger partial charge in [0.15, 0.2) is 0 Å². The van der Waals surface area contributed by atoms with Crippen molar-refractivity contribution < 1.29 is 37.5 Å². The second-order valence-corrected chi connectivity index (χ2v) is 20.1. The normalized spacial score (nSPS) is 23.3. The molecule has 4 amide bonds. The summed E-state index contributed by atoms with van der Waals surface area (Å²) in [4.78, 5) is 63.7. The van der Waals surface area contributed by atoms with Crippen LogP contribution in [0.2, 0.25) is 0 Å². The monoisotopic (exact) mass is 883 g/mol. The zero-order valence-corrected chi connectivity index (χ0v) is 36.4. The van der Waals surface area contributed by atoms with Gasteiger partial charge in [-0.05, 0) is 112 Å². The summed E-state index contributed by atoms with van der Waals surface area (Å²) in [6.07, 6.45) is 2.45. The van der Waals surface area contributed by atoms with Crippen LogP contribution in [0.5, 0.6) is 0 Å². The number of halogens is 3. The van der Waals surface area contributed by atoms with Crippen LogP contribution >= 0.6 is 11.3 Å². The van der Waals surface area contributed by atoms with Gasteiger partial charge < -0.3 is 20.6 Å². The lowest BCUT2D eigenvalue weighted by molar-refractivity contribution is -0.141.